The predicted molar refractivity (Wildman–Crippen MR) is 30.5 cm³/mol. The molecule has 0 radical (unpaired) electrons. The Labute approximate surface area is 57.8 Å². The summed E-state index contributed by atoms with van der Waals surface area (Å²) in [6, 6.07) is 0. The van der Waals surface area contributed by atoms with E-state index in [9.17, 15) is 14.4 Å². The van der Waals surface area contributed by atoms with Crippen LogP contribution in [0.5, 0.6) is 0 Å². The molecule has 0 fully saturated rings. The Morgan fingerprint density at radius 2 is 2.50 bits per heavy atom. The molecule has 1 rings (SSSR count). The highest BCUT2D eigenvalue weighted by Crippen LogP contribution is 2.27. The van der Waals surface area contributed by atoms with E-state index in [1.165, 1.54) is 6.21 Å². The number of hydrogen-bond acceptors (Lipinski definition) is 5. The molecule has 0 N–H and O–H groups in total. The number of nitrogens with zero attached hydrogens (tertiary/aromatic N) is 1. The molecule has 1 aliphatic heterocycles. The Kier molecular flexibility index (Phi) is 2.08. The second-order valence-corrected chi connectivity index (χ2v) is 3.63. The summed E-state index contributed by atoms with van der Waals surface area (Å²) in [6.45, 7) is 0. The molecule has 0 bridgehead atoms. The highest BCUT2D eigenvalue weighted by Gasteiger charge is 2.13. The van der Waals surface area contributed by atoms with E-state index in [4.69, 9.17) is 0 Å². The molecule has 1 unspecified atom stereocenters. The zero-order chi connectivity index (χ0) is 7.61. The van der Waals surface area contributed by atoms with E-state index in [0.29, 0.717) is 6.42 Å². The zero-order valence-electron chi connectivity index (χ0n) is 5.10. The first-order chi connectivity index (χ1) is 4.58. The van der Waals surface area contributed by atoms with Gasteiger partial charge in [-0.05, 0) is 0 Å². The van der Waals surface area contributed by atoms with E-state index >= 15 is 0 Å². The third kappa shape index (κ3) is 2.47. The monoisotopic (exact) mass is 163 g/mol. The van der Waals surface area contributed by atoms with Crippen molar-refractivity contribution in [2.45, 2.75) is 12.5 Å². The normalized spacial score (nSPS) is 24.8. The fraction of sp³-hybridized carbons (Fsp3) is 0.750. The summed E-state index contributed by atoms with van der Waals surface area (Å²) >= 11 is 0. The van der Waals surface area contributed by atoms with Crippen LogP contribution in [-0.2, 0) is 9.40 Å². The van der Waals surface area contributed by atoms with Gasteiger partial charge in [0.1, 0.15) is 6.10 Å². The Hall–Kier alpha value is -0.380. The molecule has 10 heavy (non-hydrogen) atoms. The lowest BCUT2D eigenvalue weighted by molar-refractivity contribution is -0.314. The summed E-state index contributed by atoms with van der Waals surface area (Å²) < 4.78 is 10.1. The quantitative estimate of drug-likeness (QED) is 0.472. The van der Waals surface area contributed by atoms with Gasteiger partial charge in [-0.3, -0.25) is 0 Å². The standard InChI is InChI=1S/C4H8NO4P/c6-10(7,8)3-4-1-2-5-9-4/h2,4H,1,3H2,(H2,6,7,8)/p-2. The minimum atomic E-state index is -4.42. The highest BCUT2D eigenvalue weighted by atomic mass is 31.2. The van der Waals surface area contributed by atoms with Gasteiger partial charge in [-0.2, -0.15) is 0 Å². The first kappa shape index (κ1) is 7.72. The van der Waals surface area contributed by atoms with Crippen LogP contribution in [0, 0.1) is 0 Å². The van der Waals surface area contributed by atoms with E-state index in [1.54, 1.807) is 0 Å². The second-order valence-electron chi connectivity index (χ2n) is 2.04. The molecule has 0 aromatic heterocycles. The molecule has 0 saturated heterocycles. The van der Waals surface area contributed by atoms with Crippen LogP contribution in [0.3, 0.4) is 0 Å². The van der Waals surface area contributed by atoms with E-state index in [-0.39, 0.29) is 0 Å². The number of hydrogen-bond donors (Lipinski definition) is 0. The first-order valence-electron chi connectivity index (χ1n) is 2.77. The molecule has 5 nitrogen and oxygen atoms in total. The molecular weight excluding hydrogens is 157 g/mol. The fourth-order valence-electron chi connectivity index (χ4n) is 0.690. The second kappa shape index (κ2) is 2.70. The molecule has 0 saturated carbocycles. The van der Waals surface area contributed by atoms with Crippen LogP contribution in [0.4, 0.5) is 0 Å². The summed E-state index contributed by atoms with van der Waals surface area (Å²) in [5.41, 5.74) is 0. The largest absolute Gasteiger partial charge is 0.811 e. The fourth-order valence-corrected chi connectivity index (χ4v) is 1.40. The minimum absolute atomic E-state index is 0.411. The van der Waals surface area contributed by atoms with Gasteiger partial charge in [-0.25, -0.2) is 0 Å². The highest BCUT2D eigenvalue weighted by molar-refractivity contribution is 7.48. The van der Waals surface area contributed by atoms with Crippen LogP contribution in [0.15, 0.2) is 5.16 Å². The van der Waals surface area contributed by atoms with Crippen LogP contribution < -0.4 is 9.79 Å². The molecule has 1 atom stereocenters. The molecule has 0 aromatic rings. The lowest BCUT2D eigenvalue weighted by atomic mass is 10.3. The third-order valence-electron chi connectivity index (χ3n) is 1.08. The van der Waals surface area contributed by atoms with Gasteiger partial charge in [0.05, 0.1) is 0 Å². The van der Waals surface area contributed by atoms with Gasteiger partial charge < -0.3 is 19.2 Å². The molecular formula is C4H6NO4P-2. The van der Waals surface area contributed by atoms with Gasteiger partial charge in [-0.1, -0.05) is 12.8 Å². The maximum Gasteiger partial charge on any atom is 0.137 e. The van der Waals surface area contributed by atoms with E-state index in [0.717, 1.165) is 0 Å². The lowest BCUT2D eigenvalue weighted by Crippen LogP contribution is -2.24. The maximum atomic E-state index is 10.1. The smallest absolute Gasteiger partial charge is 0.137 e. The predicted octanol–water partition coefficient (Wildman–Crippen LogP) is -1.33. The zero-order valence-corrected chi connectivity index (χ0v) is 5.99. The van der Waals surface area contributed by atoms with Gasteiger partial charge in [-0.15, -0.1) is 0 Å². The van der Waals surface area contributed by atoms with Crippen molar-refractivity contribution in [1.29, 1.82) is 0 Å². The average Bonchev–Trinajstić information content (AvgIpc) is 2.12. The molecule has 0 aliphatic carbocycles. The lowest BCUT2D eigenvalue weighted by Gasteiger charge is -2.30. The van der Waals surface area contributed by atoms with Crippen molar-refractivity contribution in [3.63, 3.8) is 0 Å². The van der Waals surface area contributed by atoms with Crippen molar-refractivity contribution in [2.24, 2.45) is 5.16 Å². The summed E-state index contributed by atoms with van der Waals surface area (Å²) in [7, 11) is -4.42. The van der Waals surface area contributed by atoms with Crippen molar-refractivity contribution in [3.05, 3.63) is 0 Å². The van der Waals surface area contributed by atoms with Gasteiger partial charge in [0, 0.05) is 18.8 Å². The van der Waals surface area contributed by atoms with Crippen molar-refractivity contribution < 1.29 is 19.2 Å². The van der Waals surface area contributed by atoms with Crippen LogP contribution in [0.1, 0.15) is 6.42 Å². The van der Waals surface area contributed by atoms with Gasteiger partial charge >= 0.3 is 0 Å². The maximum absolute atomic E-state index is 10.1. The molecule has 1 heterocycles. The van der Waals surface area contributed by atoms with Crippen LogP contribution in [0.25, 0.3) is 0 Å². The molecule has 1 aliphatic rings. The molecule has 58 valence electrons. The van der Waals surface area contributed by atoms with Crippen molar-refractivity contribution in [3.8, 4) is 0 Å². The van der Waals surface area contributed by atoms with Gasteiger partial charge in [0.15, 0.2) is 0 Å². The summed E-state index contributed by atoms with van der Waals surface area (Å²) in [6.07, 6.45) is 0.836. The molecule has 0 amide bonds. The van der Waals surface area contributed by atoms with Crippen molar-refractivity contribution >= 4 is 13.8 Å². The molecule has 0 spiro atoms. The van der Waals surface area contributed by atoms with Crippen molar-refractivity contribution in [1.82, 2.24) is 0 Å². The summed E-state index contributed by atoms with van der Waals surface area (Å²) in [5.74, 6) is 0. The third-order valence-corrected chi connectivity index (χ3v) is 1.93. The van der Waals surface area contributed by atoms with E-state index < -0.39 is 19.9 Å². The van der Waals surface area contributed by atoms with Gasteiger partial charge in [0.2, 0.25) is 0 Å². The van der Waals surface area contributed by atoms with Gasteiger partial charge in [0.25, 0.3) is 0 Å². The average molecular weight is 163 g/mol. The minimum Gasteiger partial charge on any atom is -0.811 e. The molecule has 6 heteroatoms. The summed E-state index contributed by atoms with van der Waals surface area (Å²) in [4.78, 5) is 24.8. The number of rotatable bonds is 2. The molecule has 0 aromatic carbocycles. The van der Waals surface area contributed by atoms with Crippen LogP contribution in [-0.4, -0.2) is 18.5 Å². The van der Waals surface area contributed by atoms with Crippen molar-refractivity contribution in [2.75, 3.05) is 6.16 Å². The van der Waals surface area contributed by atoms with Crippen LogP contribution in [0.2, 0.25) is 0 Å². The Bertz CT molecular complexity index is 178. The van der Waals surface area contributed by atoms with E-state index in [1.807, 2.05) is 0 Å². The SMILES string of the molecule is O=P([O-])([O-])CC1CC=NO1. The Morgan fingerprint density at radius 3 is 2.90 bits per heavy atom. The Balaban J connectivity index is 2.33. The topological polar surface area (TPSA) is 84.8 Å². The van der Waals surface area contributed by atoms with E-state index in [2.05, 4.69) is 9.99 Å². The number of oxime groups is 1. The Morgan fingerprint density at radius 1 is 1.80 bits per heavy atom. The van der Waals surface area contributed by atoms with Crippen LogP contribution >= 0.6 is 7.60 Å². The summed E-state index contributed by atoms with van der Waals surface area (Å²) in [5, 5.41) is 3.33. The first-order valence-corrected chi connectivity index (χ1v) is 4.49.